The lowest BCUT2D eigenvalue weighted by Gasteiger charge is -2.33. The number of aliphatic carboxylic acids is 1. The fraction of sp³-hybridized carbons (Fsp3) is 0.385. The number of para-hydroxylation sites is 1. The summed E-state index contributed by atoms with van der Waals surface area (Å²) in [4.78, 5) is 13.1. The lowest BCUT2D eigenvalue weighted by Crippen LogP contribution is -2.44. The van der Waals surface area contributed by atoms with Crippen LogP contribution in [0.15, 0.2) is 24.3 Å². The Morgan fingerprint density at radius 2 is 2.30 bits per heavy atom. The van der Waals surface area contributed by atoms with Crippen LogP contribution in [-0.4, -0.2) is 37.9 Å². The Hall–Kier alpha value is -2.44. The molecule has 2 heterocycles. The van der Waals surface area contributed by atoms with E-state index in [9.17, 15) is 9.90 Å². The minimum atomic E-state index is -1.04. The molecule has 7 nitrogen and oxygen atoms in total. The first kappa shape index (κ1) is 12.6. The molecule has 0 amide bonds. The molecule has 3 rings (SSSR count). The van der Waals surface area contributed by atoms with E-state index in [2.05, 4.69) is 15.4 Å². The maximum atomic E-state index is 11.7. The number of hydrogen-bond donors (Lipinski definition) is 1. The first-order chi connectivity index (χ1) is 9.59. The summed E-state index contributed by atoms with van der Waals surface area (Å²) in [6, 6.07) is 7.48. The van der Waals surface area contributed by atoms with Gasteiger partial charge in [-0.15, -0.1) is 10.2 Å². The molecule has 0 radical (unpaired) electrons. The van der Waals surface area contributed by atoms with Crippen molar-refractivity contribution in [3.63, 3.8) is 0 Å². The van der Waals surface area contributed by atoms with Crippen molar-refractivity contribution in [2.24, 2.45) is 12.5 Å². The van der Waals surface area contributed by atoms with Crippen LogP contribution in [0.4, 0.5) is 0 Å². The molecule has 1 aromatic carbocycles. The Kier molecular flexibility index (Phi) is 2.89. The van der Waals surface area contributed by atoms with Crippen molar-refractivity contribution in [1.82, 2.24) is 20.2 Å². The Bertz CT molecular complexity index is 655. The molecule has 0 fully saturated rings. The topological polar surface area (TPSA) is 90.1 Å². The highest BCUT2D eigenvalue weighted by molar-refractivity contribution is 5.76. The number of fused-ring (bicyclic) bond motifs is 1. The molecule has 7 heteroatoms. The van der Waals surface area contributed by atoms with Crippen molar-refractivity contribution < 1.29 is 14.6 Å². The largest absolute Gasteiger partial charge is 0.492 e. The van der Waals surface area contributed by atoms with Gasteiger partial charge in [0, 0.05) is 6.42 Å². The van der Waals surface area contributed by atoms with Gasteiger partial charge in [0.25, 0.3) is 0 Å². The van der Waals surface area contributed by atoms with E-state index in [4.69, 9.17) is 4.74 Å². The zero-order valence-corrected chi connectivity index (χ0v) is 11.0. The van der Waals surface area contributed by atoms with Gasteiger partial charge in [-0.1, -0.05) is 18.2 Å². The van der Waals surface area contributed by atoms with Crippen LogP contribution >= 0.6 is 0 Å². The van der Waals surface area contributed by atoms with E-state index in [1.54, 1.807) is 7.05 Å². The summed E-state index contributed by atoms with van der Waals surface area (Å²) in [5.41, 5.74) is -0.151. The van der Waals surface area contributed by atoms with Crippen LogP contribution in [0, 0.1) is 5.41 Å². The molecule has 1 unspecified atom stereocenters. The fourth-order valence-electron chi connectivity index (χ4n) is 2.45. The van der Waals surface area contributed by atoms with Crippen LogP contribution in [0.1, 0.15) is 11.4 Å². The minimum Gasteiger partial charge on any atom is -0.492 e. The third kappa shape index (κ3) is 2.11. The van der Waals surface area contributed by atoms with Gasteiger partial charge in [0.05, 0.1) is 7.05 Å². The second-order valence-corrected chi connectivity index (χ2v) is 5.03. The number of benzene rings is 1. The average Bonchev–Trinajstić information content (AvgIpc) is 2.83. The first-order valence-electron chi connectivity index (χ1n) is 6.26. The molecule has 0 saturated heterocycles. The van der Waals surface area contributed by atoms with Crippen LogP contribution in [-0.2, 0) is 24.7 Å². The van der Waals surface area contributed by atoms with Gasteiger partial charge in [-0.2, -0.15) is 4.80 Å². The number of rotatable bonds is 3. The van der Waals surface area contributed by atoms with E-state index in [0.717, 1.165) is 11.3 Å². The van der Waals surface area contributed by atoms with Gasteiger partial charge in [0.15, 0.2) is 5.82 Å². The molecular weight excluding hydrogens is 260 g/mol. The van der Waals surface area contributed by atoms with Gasteiger partial charge in [-0.25, -0.2) is 0 Å². The molecule has 1 aromatic heterocycles. The monoisotopic (exact) mass is 274 g/mol. The molecule has 0 bridgehead atoms. The lowest BCUT2D eigenvalue weighted by molar-refractivity contribution is -0.151. The summed E-state index contributed by atoms with van der Waals surface area (Å²) in [6.45, 7) is 0.109. The predicted octanol–water partition coefficient (Wildman–Crippen LogP) is 0.459. The van der Waals surface area contributed by atoms with Gasteiger partial charge in [-0.3, -0.25) is 4.79 Å². The first-order valence-corrected chi connectivity index (χ1v) is 6.26. The molecular formula is C13H14N4O3. The second-order valence-electron chi connectivity index (χ2n) is 5.03. The summed E-state index contributed by atoms with van der Waals surface area (Å²) in [6.07, 6.45) is 0.598. The third-order valence-electron chi connectivity index (χ3n) is 3.51. The predicted molar refractivity (Wildman–Crippen MR) is 68.2 cm³/mol. The maximum Gasteiger partial charge on any atom is 0.313 e. The number of aryl methyl sites for hydroxylation is 1. The second kappa shape index (κ2) is 4.59. The average molecular weight is 274 g/mol. The number of ether oxygens (including phenoxy) is 1. The van der Waals surface area contributed by atoms with Crippen molar-refractivity contribution in [2.45, 2.75) is 12.8 Å². The molecule has 1 aliphatic heterocycles. The Morgan fingerprint density at radius 1 is 1.50 bits per heavy atom. The van der Waals surface area contributed by atoms with Crippen LogP contribution in [0.5, 0.6) is 5.75 Å². The molecule has 20 heavy (non-hydrogen) atoms. The maximum absolute atomic E-state index is 11.7. The van der Waals surface area contributed by atoms with E-state index in [1.807, 2.05) is 24.3 Å². The lowest BCUT2D eigenvalue weighted by atomic mass is 9.77. The fourth-order valence-corrected chi connectivity index (χ4v) is 2.45. The zero-order chi connectivity index (χ0) is 14.2. The number of nitrogens with zero attached hydrogens (tertiary/aromatic N) is 4. The van der Waals surface area contributed by atoms with Crippen molar-refractivity contribution in [1.29, 1.82) is 0 Å². The van der Waals surface area contributed by atoms with Crippen molar-refractivity contribution in [3.05, 3.63) is 35.7 Å². The molecule has 0 aliphatic carbocycles. The summed E-state index contributed by atoms with van der Waals surface area (Å²) in [7, 11) is 1.65. The number of tetrazole rings is 1. The summed E-state index contributed by atoms with van der Waals surface area (Å²) < 4.78 is 5.62. The molecule has 0 spiro atoms. The summed E-state index contributed by atoms with van der Waals surface area (Å²) in [5.74, 6) is 0.258. The normalized spacial score (nSPS) is 21.1. The molecule has 1 N–H and O–H groups in total. The summed E-state index contributed by atoms with van der Waals surface area (Å²) in [5, 5.41) is 21.3. The van der Waals surface area contributed by atoms with E-state index in [1.165, 1.54) is 4.80 Å². The van der Waals surface area contributed by atoms with Crippen LogP contribution in [0.25, 0.3) is 0 Å². The van der Waals surface area contributed by atoms with Crippen LogP contribution in [0.3, 0.4) is 0 Å². The molecule has 1 atom stereocenters. The van der Waals surface area contributed by atoms with E-state index in [0.29, 0.717) is 12.2 Å². The van der Waals surface area contributed by atoms with Gasteiger partial charge >= 0.3 is 5.97 Å². The highest BCUT2D eigenvalue weighted by Crippen LogP contribution is 2.36. The minimum absolute atomic E-state index is 0.109. The highest BCUT2D eigenvalue weighted by Gasteiger charge is 2.44. The number of carboxylic acid groups (broad SMARTS) is 1. The molecule has 104 valence electrons. The summed E-state index contributed by atoms with van der Waals surface area (Å²) >= 11 is 0. The van der Waals surface area contributed by atoms with Crippen LogP contribution in [0.2, 0.25) is 0 Å². The smallest absolute Gasteiger partial charge is 0.313 e. The highest BCUT2D eigenvalue weighted by atomic mass is 16.5. The zero-order valence-electron chi connectivity index (χ0n) is 11.0. The van der Waals surface area contributed by atoms with Gasteiger partial charge in [0.2, 0.25) is 0 Å². The molecule has 0 saturated carbocycles. The standard InChI is InChI=1S/C13H14N4O3/c1-17-15-11(14-16-17)7-13(12(18)19)6-9-4-2-3-5-10(9)20-8-13/h2-5H,6-8H2,1H3,(H,18,19). The Labute approximate surface area is 115 Å². The van der Waals surface area contributed by atoms with E-state index >= 15 is 0 Å². The molecule has 1 aliphatic rings. The quantitative estimate of drug-likeness (QED) is 0.874. The van der Waals surface area contributed by atoms with E-state index in [-0.39, 0.29) is 13.0 Å². The van der Waals surface area contributed by atoms with Gasteiger partial charge < -0.3 is 9.84 Å². The van der Waals surface area contributed by atoms with E-state index < -0.39 is 11.4 Å². The van der Waals surface area contributed by atoms with Crippen LogP contribution < -0.4 is 4.74 Å². The number of carbonyl (C=O) groups is 1. The van der Waals surface area contributed by atoms with Crippen molar-refractivity contribution in [3.8, 4) is 5.75 Å². The van der Waals surface area contributed by atoms with Crippen molar-refractivity contribution in [2.75, 3.05) is 6.61 Å². The number of hydrogen-bond acceptors (Lipinski definition) is 5. The third-order valence-corrected chi connectivity index (χ3v) is 3.51. The van der Waals surface area contributed by atoms with Gasteiger partial charge in [0.1, 0.15) is 17.8 Å². The molecule has 2 aromatic rings. The number of aromatic nitrogens is 4. The van der Waals surface area contributed by atoms with Gasteiger partial charge in [-0.05, 0) is 23.3 Å². The Balaban J connectivity index is 1.92. The van der Waals surface area contributed by atoms with Crippen molar-refractivity contribution >= 4 is 5.97 Å². The Morgan fingerprint density at radius 3 is 3.00 bits per heavy atom. The SMILES string of the molecule is Cn1nnc(CC2(C(=O)O)COc3ccccc3C2)n1. The number of carboxylic acids is 1.